The van der Waals surface area contributed by atoms with E-state index in [1.54, 1.807) is 0 Å². The summed E-state index contributed by atoms with van der Waals surface area (Å²) in [4.78, 5) is 50.7. The molecule has 0 bridgehead atoms. The van der Waals surface area contributed by atoms with E-state index in [1.807, 2.05) is 0 Å². The molecule has 104 valence electrons. The minimum absolute atomic E-state index is 0.711. The molecule has 0 rings (SSSR count). The summed E-state index contributed by atoms with van der Waals surface area (Å²) in [5, 5.41) is 23.4. The fourth-order valence-electron chi connectivity index (χ4n) is 1.72. The number of hydrogen-bond donors (Lipinski definition) is 5. The number of carbonyl (C=O) groups is 3. The van der Waals surface area contributed by atoms with Gasteiger partial charge < -0.3 is 25.1 Å². The van der Waals surface area contributed by atoms with Crippen molar-refractivity contribution in [2.75, 3.05) is 0 Å². The first-order chi connectivity index (χ1) is 8.00. The van der Waals surface area contributed by atoms with Gasteiger partial charge >= 0.3 is 25.5 Å². The predicted octanol–water partition coefficient (Wildman–Crippen LogP) is -0.427. The summed E-state index contributed by atoms with van der Waals surface area (Å²) >= 11 is 0. The van der Waals surface area contributed by atoms with Crippen LogP contribution in [0, 0.1) is 5.92 Å². The van der Waals surface area contributed by atoms with Gasteiger partial charge in [-0.25, -0.2) is 0 Å². The lowest BCUT2D eigenvalue weighted by Gasteiger charge is -2.33. The van der Waals surface area contributed by atoms with Gasteiger partial charge in [0, 0.05) is 0 Å². The molecule has 0 heterocycles. The summed E-state index contributed by atoms with van der Waals surface area (Å²) in [6, 6.07) is 0. The molecular weight excluding hydrogens is 271 g/mol. The first-order valence-electron chi connectivity index (χ1n) is 4.74. The molecule has 0 aromatic carbocycles. The van der Waals surface area contributed by atoms with Gasteiger partial charge in [0.15, 0.2) is 5.16 Å². The third-order valence-electron chi connectivity index (χ3n) is 2.68. The Kier molecular flexibility index (Phi) is 5.03. The maximum Gasteiger partial charge on any atom is 0.343 e. The molecule has 5 N–H and O–H groups in total. The van der Waals surface area contributed by atoms with Crippen LogP contribution in [-0.4, -0.2) is 48.2 Å². The highest BCUT2D eigenvalue weighted by atomic mass is 31.2. The SMILES string of the molecule is CCC(C(=O)O)(C(CC(=O)O)C(=O)O)P(=O)(O)O. The van der Waals surface area contributed by atoms with Gasteiger partial charge in [-0.15, -0.1) is 0 Å². The highest BCUT2D eigenvalue weighted by Crippen LogP contribution is 2.57. The fraction of sp³-hybridized carbons (Fsp3) is 0.625. The Labute approximate surface area is 101 Å². The van der Waals surface area contributed by atoms with Crippen LogP contribution in [0.25, 0.3) is 0 Å². The zero-order valence-electron chi connectivity index (χ0n) is 9.31. The van der Waals surface area contributed by atoms with Crippen LogP contribution in [0.15, 0.2) is 0 Å². The Balaban J connectivity index is 5.95. The standard InChI is InChI=1S/C8H13O9P/c1-2-8(7(13)14,18(15,16)17)4(6(11)12)3-5(9)10/h4H,2-3H2,1H3,(H,9,10)(H,11,12)(H,13,14)(H2,15,16,17). The second-order valence-corrected chi connectivity index (χ2v) is 5.50. The van der Waals surface area contributed by atoms with Gasteiger partial charge in [-0.05, 0) is 6.42 Å². The summed E-state index contributed by atoms with van der Waals surface area (Å²) in [5.74, 6) is -7.80. The van der Waals surface area contributed by atoms with Crippen molar-refractivity contribution in [3.05, 3.63) is 0 Å². The zero-order valence-corrected chi connectivity index (χ0v) is 10.2. The van der Waals surface area contributed by atoms with Gasteiger partial charge in [-0.3, -0.25) is 18.9 Å². The van der Waals surface area contributed by atoms with Gasteiger partial charge in [0.2, 0.25) is 0 Å². The van der Waals surface area contributed by atoms with Crippen LogP contribution >= 0.6 is 7.60 Å². The molecule has 0 aliphatic rings. The molecule has 0 aromatic heterocycles. The van der Waals surface area contributed by atoms with E-state index in [2.05, 4.69) is 0 Å². The first kappa shape index (κ1) is 16.6. The monoisotopic (exact) mass is 284 g/mol. The molecule has 18 heavy (non-hydrogen) atoms. The van der Waals surface area contributed by atoms with E-state index in [0.29, 0.717) is 0 Å². The summed E-state index contributed by atoms with van der Waals surface area (Å²) in [5.41, 5.74) is 0. The van der Waals surface area contributed by atoms with Gasteiger partial charge in [-0.1, -0.05) is 6.92 Å². The Bertz CT molecular complexity index is 411. The van der Waals surface area contributed by atoms with Crippen LogP contribution < -0.4 is 0 Å². The van der Waals surface area contributed by atoms with Crippen molar-refractivity contribution in [2.45, 2.75) is 24.9 Å². The number of carboxylic acids is 3. The average Bonchev–Trinajstić information content (AvgIpc) is 2.14. The smallest absolute Gasteiger partial charge is 0.343 e. The zero-order chi connectivity index (χ0) is 14.7. The lowest BCUT2D eigenvalue weighted by atomic mass is 9.86. The molecule has 0 saturated carbocycles. The number of aliphatic carboxylic acids is 3. The first-order valence-corrected chi connectivity index (χ1v) is 6.35. The number of hydrogen-bond acceptors (Lipinski definition) is 4. The van der Waals surface area contributed by atoms with Gasteiger partial charge in [0.05, 0.1) is 12.3 Å². The van der Waals surface area contributed by atoms with Crippen molar-refractivity contribution < 1.29 is 44.1 Å². The van der Waals surface area contributed by atoms with E-state index >= 15 is 0 Å². The molecule has 2 atom stereocenters. The lowest BCUT2D eigenvalue weighted by Crippen LogP contribution is -2.49. The van der Waals surface area contributed by atoms with Crippen LogP contribution in [0.3, 0.4) is 0 Å². The van der Waals surface area contributed by atoms with Crippen molar-refractivity contribution in [1.82, 2.24) is 0 Å². The van der Waals surface area contributed by atoms with E-state index in [4.69, 9.17) is 25.1 Å². The second kappa shape index (κ2) is 5.47. The molecule has 10 heteroatoms. The van der Waals surface area contributed by atoms with Crippen LogP contribution in [0.4, 0.5) is 0 Å². The Morgan fingerprint density at radius 1 is 1.17 bits per heavy atom. The summed E-state index contributed by atoms with van der Waals surface area (Å²) in [6.07, 6.45) is -1.91. The molecule has 2 unspecified atom stereocenters. The quantitative estimate of drug-likeness (QED) is 0.389. The van der Waals surface area contributed by atoms with Crippen LogP contribution in [-0.2, 0) is 18.9 Å². The average molecular weight is 284 g/mol. The lowest BCUT2D eigenvalue weighted by molar-refractivity contribution is -0.156. The third-order valence-corrected chi connectivity index (χ3v) is 4.54. The van der Waals surface area contributed by atoms with Gasteiger partial charge in [0.1, 0.15) is 0 Å². The van der Waals surface area contributed by atoms with Crippen molar-refractivity contribution in [3.63, 3.8) is 0 Å². The highest BCUT2D eigenvalue weighted by Gasteiger charge is 2.61. The maximum atomic E-state index is 11.3. The molecule has 0 aliphatic carbocycles. The van der Waals surface area contributed by atoms with Gasteiger partial charge in [0.25, 0.3) is 0 Å². The molecule has 0 amide bonds. The van der Waals surface area contributed by atoms with Crippen LogP contribution in [0.5, 0.6) is 0 Å². The van der Waals surface area contributed by atoms with E-state index in [0.717, 1.165) is 6.92 Å². The van der Waals surface area contributed by atoms with Crippen molar-refractivity contribution >= 4 is 25.5 Å². The number of carboxylic acid groups (broad SMARTS) is 3. The molecule has 0 spiro atoms. The third kappa shape index (κ3) is 2.87. The summed E-state index contributed by atoms with van der Waals surface area (Å²) in [7, 11) is -5.37. The molecule has 0 saturated heterocycles. The van der Waals surface area contributed by atoms with Crippen molar-refractivity contribution in [3.8, 4) is 0 Å². The van der Waals surface area contributed by atoms with Gasteiger partial charge in [-0.2, -0.15) is 0 Å². The van der Waals surface area contributed by atoms with E-state index < -0.39 is 49.4 Å². The molecule has 9 nitrogen and oxygen atoms in total. The predicted molar refractivity (Wildman–Crippen MR) is 56.1 cm³/mol. The fourth-order valence-corrected chi connectivity index (χ4v) is 2.98. The largest absolute Gasteiger partial charge is 0.481 e. The summed E-state index contributed by atoms with van der Waals surface area (Å²) < 4.78 is 11.3. The van der Waals surface area contributed by atoms with Crippen LogP contribution in [0.2, 0.25) is 0 Å². The molecule has 0 radical (unpaired) electrons. The Morgan fingerprint density at radius 3 is 1.78 bits per heavy atom. The molecular formula is C8H13O9P. The van der Waals surface area contributed by atoms with E-state index in [-0.39, 0.29) is 0 Å². The Hall–Kier alpha value is -1.44. The second-order valence-electron chi connectivity index (χ2n) is 3.62. The molecule has 0 aromatic rings. The molecule has 0 aliphatic heterocycles. The van der Waals surface area contributed by atoms with Crippen molar-refractivity contribution in [1.29, 1.82) is 0 Å². The minimum Gasteiger partial charge on any atom is -0.481 e. The minimum atomic E-state index is -5.37. The van der Waals surface area contributed by atoms with Crippen molar-refractivity contribution in [2.24, 2.45) is 5.92 Å². The summed E-state index contributed by atoms with van der Waals surface area (Å²) in [6.45, 7) is 1.07. The number of rotatable bonds is 7. The Morgan fingerprint density at radius 2 is 1.61 bits per heavy atom. The maximum absolute atomic E-state index is 11.3. The van der Waals surface area contributed by atoms with E-state index in [9.17, 15) is 18.9 Å². The topological polar surface area (TPSA) is 169 Å². The highest BCUT2D eigenvalue weighted by molar-refractivity contribution is 7.54. The van der Waals surface area contributed by atoms with Crippen LogP contribution in [0.1, 0.15) is 19.8 Å². The van der Waals surface area contributed by atoms with E-state index in [1.165, 1.54) is 0 Å². The molecule has 0 fully saturated rings. The normalized spacial score (nSPS) is 16.6.